The van der Waals surface area contributed by atoms with Crippen molar-refractivity contribution in [3.05, 3.63) is 71.8 Å². The van der Waals surface area contributed by atoms with Crippen LogP contribution in [0.25, 0.3) is 0 Å². The van der Waals surface area contributed by atoms with E-state index in [0.29, 0.717) is 11.2 Å². The Balaban J connectivity index is 0.000000613. The third-order valence-corrected chi connectivity index (χ3v) is 5.23. The van der Waals surface area contributed by atoms with Gasteiger partial charge < -0.3 is 0 Å². The molecule has 0 amide bonds. The number of rotatable bonds is 4. The Bertz CT molecular complexity index is 573. The van der Waals surface area contributed by atoms with E-state index in [0.717, 1.165) is 24.9 Å². The average molecular weight is 755 g/mol. The van der Waals surface area contributed by atoms with E-state index < -0.39 is 0 Å². The quantitative estimate of drug-likeness (QED) is 0.386. The van der Waals surface area contributed by atoms with Gasteiger partial charge in [0.15, 0.2) is 0 Å². The summed E-state index contributed by atoms with van der Waals surface area (Å²) in [6.07, 6.45) is 1.43. The molecule has 0 aromatic heterocycles. The maximum Gasteiger partial charge on any atom is 0.0233 e. The molecule has 5 heteroatoms. The molecule has 2 heterocycles. The molecule has 2 aromatic carbocycles. The van der Waals surface area contributed by atoms with Crippen molar-refractivity contribution in [3.8, 4) is 0 Å². The molecule has 142 valence electrons. The molecule has 0 spiro atoms. The monoisotopic (exact) mass is 755 g/mol. The van der Waals surface area contributed by atoms with E-state index in [1.54, 1.807) is 0 Å². The van der Waals surface area contributed by atoms with Crippen LogP contribution < -0.4 is 0 Å². The first-order valence-corrected chi connectivity index (χ1v) is 22.0. The van der Waals surface area contributed by atoms with E-state index in [2.05, 4.69) is 109 Å². The van der Waals surface area contributed by atoms with Crippen molar-refractivity contribution in [1.29, 1.82) is 0 Å². The normalized spacial score (nSPS) is 23.3. The van der Waals surface area contributed by atoms with Gasteiger partial charge in [-0.05, 0) is 29.4 Å². The van der Waals surface area contributed by atoms with Crippen LogP contribution in [0.15, 0.2) is 60.7 Å². The number of hydrogen-bond donors (Lipinski definition) is 0. The summed E-state index contributed by atoms with van der Waals surface area (Å²) in [5.41, 5.74) is 2.90. The van der Waals surface area contributed by atoms with Crippen LogP contribution >= 0.6 is 38.7 Å². The van der Waals surface area contributed by atoms with Gasteiger partial charge in [0, 0.05) is 39.3 Å². The topological polar surface area (TPSA) is 6.48 Å². The van der Waals surface area contributed by atoms with Crippen molar-refractivity contribution in [2.45, 2.75) is 19.5 Å². The summed E-state index contributed by atoms with van der Waals surface area (Å²) in [4.78, 5) is 5.35. The van der Waals surface area contributed by atoms with Crippen molar-refractivity contribution in [1.82, 2.24) is 9.80 Å². The van der Waals surface area contributed by atoms with Crippen molar-refractivity contribution >= 4 is 38.7 Å². The molecule has 0 saturated carbocycles. The van der Waals surface area contributed by atoms with Crippen LogP contribution in [0.1, 0.15) is 17.5 Å². The molecule has 2 bridgehead atoms. The summed E-state index contributed by atoms with van der Waals surface area (Å²) in [5.74, 6) is 1.69. The van der Waals surface area contributed by atoms with Crippen LogP contribution in [-0.4, -0.2) is 36.0 Å². The Kier molecular flexibility index (Phi) is 9.38. The first-order valence-electron chi connectivity index (χ1n) is 9.11. The molecule has 2 fully saturated rings. The van der Waals surface area contributed by atoms with Gasteiger partial charge in [-0.1, -0.05) is 60.7 Å². The van der Waals surface area contributed by atoms with Crippen LogP contribution in [0.4, 0.5) is 0 Å². The maximum atomic E-state index is 2.67. The van der Waals surface area contributed by atoms with E-state index in [4.69, 9.17) is 0 Å². The Morgan fingerprint density at radius 3 is 1.38 bits per heavy atom. The Labute approximate surface area is 187 Å². The predicted octanol–water partition coefficient (Wildman–Crippen LogP) is 5.41. The second kappa shape index (κ2) is 11.5. The van der Waals surface area contributed by atoms with Crippen molar-refractivity contribution in [3.63, 3.8) is 0 Å². The first kappa shape index (κ1) is 21.2. The largest absolute Gasteiger partial charge is 0.298 e. The zero-order chi connectivity index (χ0) is 18.2. The molecule has 2 nitrogen and oxygen atoms in total. The van der Waals surface area contributed by atoms with E-state index in [9.17, 15) is 0 Å². The Morgan fingerprint density at radius 1 is 0.692 bits per heavy atom. The Hall–Kier alpha value is 0.508. The second-order valence-corrected chi connectivity index (χ2v) is 24.0. The van der Waals surface area contributed by atoms with Crippen molar-refractivity contribution in [2.24, 2.45) is 11.8 Å². The zero-order valence-electron chi connectivity index (χ0n) is 14.8. The summed E-state index contributed by atoms with van der Waals surface area (Å²) in [7, 11) is 0. The van der Waals surface area contributed by atoms with Gasteiger partial charge in [-0.15, -0.1) is 0 Å². The fourth-order valence-corrected chi connectivity index (χ4v) is 4.44. The van der Waals surface area contributed by atoms with Crippen LogP contribution in [0.2, 0.25) is 0 Å². The Morgan fingerprint density at radius 2 is 1.04 bits per heavy atom. The van der Waals surface area contributed by atoms with Gasteiger partial charge in [-0.3, -0.25) is 9.80 Å². The number of fused-ring (bicyclic) bond motifs is 2. The minimum atomic E-state index is 0.523. The van der Waals surface area contributed by atoms with Gasteiger partial charge in [0.1, 0.15) is 0 Å². The van der Waals surface area contributed by atoms with E-state index in [-0.39, 0.29) is 0 Å². The smallest absolute Gasteiger partial charge is 0.0233 e. The van der Waals surface area contributed by atoms with Crippen molar-refractivity contribution < 1.29 is 11.2 Å². The van der Waals surface area contributed by atoms with Crippen LogP contribution in [-0.2, 0) is 24.3 Å². The third kappa shape index (κ3) is 6.84. The van der Waals surface area contributed by atoms with E-state index in [1.807, 2.05) is 0 Å². The molecular weight excluding hydrogens is 729 g/mol. The maximum absolute atomic E-state index is 2.67. The number of halogens is 2. The van der Waals surface area contributed by atoms with Gasteiger partial charge in [0.05, 0.1) is 0 Å². The molecule has 26 heavy (non-hydrogen) atoms. The zero-order valence-corrected chi connectivity index (χ0v) is 21.4. The minimum absolute atomic E-state index is 0.523. The molecule has 2 aliphatic rings. The van der Waals surface area contributed by atoms with Gasteiger partial charge in [0.25, 0.3) is 0 Å². The molecular formula is C21H26I2N2Pt+2. The van der Waals surface area contributed by atoms with Crippen LogP contribution in [0, 0.1) is 11.8 Å². The molecule has 2 saturated heterocycles. The molecule has 0 aliphatic carbocycles. The summed E-state index contributed by atoms with van der Waals surface area (Å²) >= 11 is 5.30. The SMILES string of the molecule is [I][Pt+2][I].c1ccc(CN2CC3CC(C2)CN(Cc2ccccc2)C3)cc1. The predicted molar refractivity (Wildman–Crippen MR) is 123 cm³/mol. The number of benzene rings is 2. The molecule has 0 radical (unpaired) electrons. The number of likely N-dealkylation sites (tertiary alicyclic amines) is 2. The molecule has 2 aliphatic heterocycles. The molecule has 0 unspecified atom stereocenters. The summed E-state index contributed by atoms with van der Waals surface area (Å²) < 4.78 is 0. The second-order valence-electron chi connectivity index (χ2n) is 7.37. The first-order chi connectivity index (χ1) is 12.8. The molecule has 0 N–H and O–H groups in total. The third-order valence-electron chi connectivity index (χ3n) is 5.23. The van der Waals surface area contributed by atoms with Crippen molar-refractivity contribution in [2.75, 3.05) is 26.2 Å². The van der Waals surface area contributed by atoms with Gasteiger partial charge in [-0.25, -0.2) is 0 Å². The van der Waals surface area contributed by atoms with Gasteiger partial charge in [0.2, 0.25) is 0 Å². The fourth-order valence-electron chi connectivity index (χ4n) is 4.44. The number of hydrogen-bond acceptors (Lipinski definition) is 2. The summed E-state index contributed by atoms with van der Waals surface area (Å²) in [5, 5.41) is 0. The average Bonchev–Trinajstić information content (AvgIpc) is 2.63. The van der Waals surface area contributed by atoms with Gasteiger partial charge >= 0.3 is 49.9 Å². The van der Waals surface area contributed by atoms with Crippen LogP contribution in [0.3, 0.4) is 0 Å². The number of piperidine rings is 2. The fraction of sp³-hybridized carbons (Fsp3) is 0.429. The van der Waals surface area contributed by atoms with Crippen LogP contribution in [0.5, 0.6) is 0 Å². The molecule has 0 atom stereocenters. The van der Waals surface area contributed by atoms with E-state index >= 15 is 0 Å². The summed E-state index contributed by atoms with van der Waals surface area (Å²) in [6.45, 7) is 7.28. The standard InChI is InChI=1S/C21H26N2.2HI.Pt/c1-3-7-18(8-4-1)12-22-14-20-11-21(15-22)17-23(16-20)13-19-9-5-2-6-10-19;;;/h1-10,20-21H,11-17H2;2*1H;/q;;;+4/p-2. The van der Waals surface area contributed by atoms with Gasteiger partial charge in [-0.2, -0.15) is 0 Å². The number of nitrogens with zero attached hydrogens (tertiary/aromatic N) is 2. The minimum Gasteiger partial charge on any atom is -0.298 e. The van der Waals surface area contributed by atoms with E-state index in [1.165, 1.54) is 43.7 Å². The summed E-state index contributed by atoms with van der Waals surface area (Å²) in [6, 6.07) is 21.9. The molecule has 4 rings (SSSR count). The molecule has 2 aromatic rings.